The Bertz CT molecular complexity index is 919. The van der Waals surface area contributed by atoms with Gasteiger partial charge in [0, 0.05) is 12.1 Å². The van der Waals surface area contributed by atoms with Crippen LogP contribution in [0, 0.1) is 5.82 Å². The number of carbonyl (C=O) groups is 2. The summed E-state index contributed by atoms with van der Waals surface area (Å²) in [7, 11) is 0. The SMILES string of the molecule is O=C(COC(=O)c1ccc(-c2ccc(F)cc2)o1)NCCCc1ccccc1. The monoisotopic (exact) mass is 381 g/mol. The second kappa shape index (κ2) is 9.50. The minimum absolute atomic E-state index is 0.0174. The van der Waals surface area contributed by atoms with Crippen LogP contribution >= 0.6 is 0 Å². The molecule has 5 nitrogen and oxygen atoms in total. The van der Waals surface area contributed by atoms with E-state index < -0.39 is 5.97 Å². The molecule has 0 radical (unpaired) electrons. The lowest BCUT2D eigenvalue weighted by atomic mass is 10.1. The minimum Gasteiger partial charge on any atom is -0.450 e. The number of hydrogen-bond donors (Lipinski definition) is 1. The summed E-state index contributed by atoms with van der Waals surface area (Å²) in [4.78, 5) is 23.8. The maximum atomic E-state index is 13.0. The topological polar surface area (TPSA) is 68.5 Å². The molecule has 0 aliphatic carbocycles. The molecule has 0 aliphatic rings. The Kier molecular flexibility index (Phi) is 6.57. The van der Waals surface area contributed by atoms with Gasteiger partial charge in [-0.3, -0.25) is 4.79 Å². The van der Waals surface area contributed by atoms with Gasteiger partial charge in [0.2, 0.25) is 5.76 Å². The Hall–Kier alpha value is -3.41. The molecule has 1 amide bonds. The largest absolute Gasteiger partial charge is 0.450 e. The normalized spacial score (nSPS) is 10.5. The molecule has 0 fully saturated rings. The highest BCUT2D eigenvalue weighted by atomic mass is 19.1. The van der Waals surface area contributed by atoms with Gasteiger partial charge in [-0.25, -0.2) is 9.18 Å². The van der Waals surface area contributed by atoms with Crippen LogP contribution in [0.3, 0.4) is 0 Å². The van der Waals surface area contributed by atoms with Gasteiger partial charge in [-0.1, -0.05) is 30.3 Å². The Balaban J connectivity index is 1.40. The lowest BCUT2D eigenvalue weighted by molar-refractivity contribution is -0.124. The average Bonchev–Trinajstić information content (AvgIpc) is 3.21. The van der Waals surface area contributed by atoms with Crippen LogP contribution in [-0.2, 0) is 16.0 Å². The number of amides is 1. The van der Waals surface area contributed by atoms with Crippen molar-refractivity contribution in [1.29, 1.82) is 0 Å². The number of rotatable bonds is 8. The van der Waals surface area contributed by atoms with Crippen molar-refractivity contribution in [2.45, 2.75) is 12.8 Å². The molecule has 0 saturated heterocycles. The van der Waals surface area contributed by atoms with Crippen molar-refractivity contribution >= 4 is 11.9 Å². The standard InChI is InChI=1S/C22H20FNO4/c23-18-10-8-17(9-11-18)19-12-13-20(28-19)22(26)27-15-21(25)24-14-4-7-16-5-2-1-3-6-16/h1-3,5-6,8-13H,4,7,14-15H2,(H,24,25). The van der Waals surface area contributed by atoms with E-state index in [9.17, 15) is 14.0 Å². The highest BCUT2D eigenvalue weighted by molar-refractivity contribution is 5.89. The minimum atomic E-state index is -0.729. The first-order chi connectivity index (χ1) is 13.6. The van der Waals surface area contributed by atoms with Crippen LogP contribution in [0.25, 0.3) is 11.3 Å². The smallest absolute Gasteiger partial charge is 0.374 e. The van der Waals surface area contributed by atoms with E-state index in [1.54, 1.807) is 18.2 Å². The second-order valence-corrected chi connectivity index (χ2v) is 6.19. The van der Waals surface area contributed by atoms with Crippen molar-refractivity contribution in [1.82, 2.24) is 5.32 Å². The third-order valence-corrected chi connectivity index (χ3v) is 4.08. The highest BCUT2D eigenvalue weighted by Crippen LogP contribution is 2.22. The van der Waals surface area contributed by atoms with Gasteiger partial charge in [0.15, 0.2) is 6.61 Å². The first kappa shape index (κ1) is 19.4. The summed E-state index contributed by atoms with van der Waals surface area (Å²) < 4.78 is 23.4. The van der Waals surface area contributed by atoms with Crippen LogP contribution in [0.15, 0.2) is 71.1 Å². The van der Waals surface area contributed by atoms with Gasteiger partial charge < -0.3 is 14.5 Å². The molecule has 28 heavy (non-hydrogen) atoms. The Morgan fingerprint density at radius 2 is 1.71 bits per heavy atom. The quantitative estimate of drug-likeness (QED) is 0.473. The van der Waals surface area contributed by atoms with Crippen molar-refractivity contribution < 1.29 is 23.1 Å². The average molecular weight is 381 g/mol. The molecular weight excluding hydrogens is 361 g/mol. The van der Waals surface area contributed by atoms with E-state index in [0.29, 0.717) is 17.9 Å². The number of furan rings is 1. The molecule has 3 aromatic rings. The summed E-state index contributed by atoms with van der Waals surface area (Å²) in [5.74, 6) is -1.06. The molecule has 0 saturated carbocycles. The van der Waals surface area contributed by atoms with E-state index >= 15 is 0 Å². The number of aryl methyl sites for hydroxylation is 1. The third-order valence-electron chi connectivity index (χ3n) is 4.08. The first-order valence-electron chi connectivity index (χ1n) is 8.95. The van der Waals surface area contributed by atoms with Crippen molar-refractivity contribution in [3.8, 4) is 11.3 Å². The van der Waals surface area contributed by atoms with Gasteiger partial charge in [0.05, 0.1) is 0 Å². The molecule has 1 heterocycles. The number of benzene rings is 2. The fourth-order valence-corrected chi connectivity index (χ4v) is 2.64. The van der Waals surface area contributed by atoms with Crippen LogP contribution in [0.2, 0.25) is 0 Å². The summed E-state index contributed by atoms with van der Waals surface area (Å²) in [5.41, 5.74) is 1.84. The van der Waals surface area contributed by atoms with E-state index in [2.05, 4.69) is 5.32 Å². The number of nitrogens with one attached hydrogen (secondary N) is 1. The molecule has 2 aromatic carbocycles. The van der Waals surface area contributed by atoms with Gasteiger partial charge in [-0.15, -0.1) is 0 Å². The fourth-order valence-electron chi connectivity index (χ4n) is 2.64. The van der Waals surface area contributed by atoms with Crippen LogP contribution in [0.4, 0.5) is 4.39 Å². The predicted molar refractivity (Wildman–Crippen MR) is 102 cm³/mol. The molecule has 6 heteroatoms. The summed E-state index contributed by atoms with van der Waals surface area (Å²) >= 11 is 0. The van der Waals surface area contributed by atoms with E-state index in [1.165, 1.54) is 23.8 Å². The molecule has 3 rings (SSSR count). The molecule has 1 aromatic heterocycles. The van der Waals surface area contributed by atoms with Gasteiger partial charge >= 0.3 is 5.97 Å². The fraction of sp³-hybridized carbons (Fsp3) is 0.182. The molecular formula is C22H20FNO4. The molecule has 1 N–H and O–H groups in total. The maximum Gasteiger partial charge on any atom is 0.374 e. The first-order valence-corrected chi connectivity index (χ1v) is 8.95. The van der Waals surface area contributed by atoms with Gasteiger partial charge in [0.25, 0.3) is 5.91 Å². The molecule has 0 atom stereocenters. The predicted octanol–water partition coefficient (Wildman–Crippen LogP) is 3.99. The van der Waals surface area contributed by atoms with Gasteiger partial charge in [-0.05, 0) is 54.8 Å². The molecule has 0 spiro atoms. The number of carbonyl (C=O) groups excluding carboxylic acids is 2. The lowest BCUT2D eigenvalue weighted by Gasteiger charge is -2.06. The second-order valence-electron chi connectivity index (χ2n) is 6.19. The highest BCUT2D eigenvalue weighted by Gasteiger charge is 2.15. The summed E-state index contributed by atoms with van der Waals surface area (Å²) in [6, 6.07) is 18.7. The lowest BCUT2D eigenvalue weighted by Crippen LogP contribution is -2.29. The van der Waals surface area contributed by atoms with E-state index in [0.717, 1.165) is 12.8 Å². The zero-order valence-electron chi connectivity index (χ0n) is 15.2. The van der Waals surface area contributed by atoms with Crippen LogP contribution in [0.1, 0.15) is 22.5 Å². The van der Waals surface area contributed by atoms with E-state index in [1.807, 2.05) is 30.3 Å². The van der Waals surface area contributed by atoms with Crippen LogP contribution in [0.5, 0.6) is 0 Å². The van der Waals surface area contributed by atoms with E-state index in [4.69, 9.17) is 9.15 Å². The van der Waals surface area contributed by atoms with Crippen molar-refractivity contribution in [2.24, 2.45) is 0 Å². The Morgan fingerprint density at radius 1 is 0.964 bits per heavy atom. The molecule has 0 aliphatic heterocycles. The third kappa shape index (κ3) is 5.54. The van der Waals surface area contributed by atoms with Gasteiger partial charge in [-0.2, -0.15) is 0 Å². The van der Waals surface area contributed by atoms with Crippen LogP contribution < -0.4 is 5.32 Å². The Morgan fingerprint density at radius 3 is 2.46 bits per heavy atom. The van der Waals surface area contributed by atoms with Gasteiger partial charge in [0.1, 0.15) is 11.6 Å². The van der Waals surface area contributed by atoms with Crippen molar-refractivity contribution in [2.75, 3.05) is 13.2 Å². The summed E-state index contributed by atoms with van der Waals surface area (Å²) in [6.45, 7) is 0.123. The zero-order chi connectivity index (χ0) is 19.8. The maximum absolute atomic E-state index is 13.0. The molecule has 0 unspecified atom stereocenters. The number of halogens is 1. The number of hydrogen-bond acceptors (Lipinski definition) is 4. The number of ether oxygens (including phenoxy) is 1. The van der Waals surface area contributed by atoms with Crippen LogP contribution in [-0.4, -0.2) is 25.0 Å². The number of esters is 1. The van der Waals surface area contributed by atoms with Crippen molar-refractivity contribution in [3.05, 3.63) is 83.9 Å². The zero-order valence-corrected chi connectivity index (χ0v) is 15.2. The molecule has 0 bridgehead atoms. The molecule has 144 valence electrons. The Labute approximate surface area is 162 Å². The van der Waals surface area contributed by atoms with Crippen molar-refractivity contribution in [3.63, 3.8) is 0 Å². The summed E-state index contributed by atoms with van der Waals surface area (Å²) in [6.07, 6.45) is 1.66. The summed E-state index contributed by atoms with van der Waals surface area (Å²) in [5, 5.41) is 2.71. The van der Waals surface area contributed by atoms with E-state index in [-0.39, 0.29) is 24.1 Å².